The number of aliphatic hydroxyl groups is 1. The molecule has 0 radical (unpaired) electrons. The second-order valence-electron chi connectivity index (χ2n) is 8.52. The number of piperidine rings is 1. The number of unbranched alkanes of at least 4 members (excludes halogenated alkanes) is 1. The van der Waals surface area contributed by atoms with Gasteiger partial charge in [0.05, 0.1) is 12.3 Å². The molecule has 5 heteroatoms. The van der Waals surface area contributed by atoms with Crippen LogP contribution in [0.5, 0.6) is 0 Å². The van der Waals surface area contributed by atoms with Crippen LogP contribution in [0.2, 0.25) is 0 Å². The van der Waals surface area contributed by atoms with Crippen LogP contribution in [-0.2, 0) is 16.8 Å². The molecular weight excluding hydrogens is 328 g/mol. The van der Waals surface area contributed by atoms with Crippen molar-refractivity contribution in [2.24, 2.45) is 0 Å². The number of aromatic nitrogens is 1. The van der Waals surface area contributed by atoms with Gasteiger partial charge in [0.2, 0.25) is 0 Å². The number of carbonyl (C=O) groups is 1. The second kappa shape index (κ2) is 8.38. The number of carbonyl (C=O) groups excluding carboxylic acids is 1. The van der Waals surface area contributed by atoms with Crippen LogP contribution in [-0.4, -0.2) is 39.8 Å². The fourth-order valence-corrected chi connectivity index (χ4v) is 3.80. The van der Waals surface area contributed by atoms with Gasteiger partial charge in [0.15, 0.2) is 0 Å². The minimum Gasteiger partial charge on any atom is -0.444 e. The second-order valence-corrected chi connectivity index (χ2v) is 8.52. The van der Waals surface area contributed by atoms with Crippen LogP contribution in [0.1, 0.15) is 76.6 Å². The monoisotopic (exact) mass is 362 g/mol. The van der Waals surface area contributed by atoms with Crippen LogP contribution < -0.4 is 0 Å². The molecule has 2 heterocycles. The highest BCUT2D eigenvalue weighted by Crippen LogP contribution is 2.41. The van der Waals surface area contributed by atoms with Gasteiger partial charge < -0.3 is 14.7 Å². The zero-order chi connectivity index (χ0) is 19.4. The molecule has 1 amide bonds. The van der Waals surface area contributed by atoms with Gasteiger partial charge in [-0.25, -0.2) is 4.79 Å². The third-order valence-corrected chi connectivity index (χ3v) is 5.21. The van der Waals surface area contributed by atoms with Gasteiger partial charge in [-0.1, -0.05) is 25.8 Å². The maximum atomic E-state index is 12.4. The lowest BCUT2D eigenvalue weighted by Crippen LogP contribution is -2.47. The number of likely N-dealkylation sites (tertiary alicyclic amines) is 1. The zero-order valence-corrected chi connectivity index (χ0v) is 17.0. The van der Waals surface area contributed by atoms with E-state index < -0.39 is 5.60 Å². The number of hydrogen-bond acceptors (Lipinski definition) is 4. The summed E-state index contributed by atoms with van der Waals surface area (Å²) in [4.78, 5) is 18.7. The van der Waals surface area contributed by atoms with Gasteiger partial charge >= 0.3 is 6.09 Å². The average Bonchev–Trinajstić information content (AvgIpc) is 2.59. The Bertz CT molecular complexity index is 614. The quantitative estimate of drug-likeness (QED) is 0.846. The molecule has 1 aliphatic rings. The first kappa shape index (κ1) is 20.7. The van der Waals surface area contributed by atoms with Crippen LogP contribution >= 0.6 is 0 Å². The van der Waals surface area contributed by atoms with E-state index >= 15 is 0 Å². The van der Waals surface area contributed by atoms with E-state index in [-0.39, 0.29) is 18.1 Å². The van der Waals surface area contributed by atoms with Gasteiger partial charge in [0, 0.05) is 24.7 Å². The highest BCUT2D eigenvalue weighted by Gasteiger charge is 2.39. The molecule has 0 atom stereocenters. The number of nitrogens with zero attached hydrogens (tertiary/aromatic N) is 2. The van der Waals surface area contributed by atoms with Crippen molar-refractivity contribution in [1.29, 1.82) is 0 Å². The molecule has 2 rings (SSSR count). The van der Waals surface area contributed by atoms with E-state index in [9.17, 15) is 9.90 Å². The Morgan fingerprint density at radius 1 is 1.35 bits per heavy atom. The summed E-state index contributed by atoms with van der Waals surface area (Å²) in [6.45, 7) is 11.2. The van der Waals surface area contributed by atoms with Gasteiger partial charge in [0.1, 0.15) is 5.60 Å². The Hall–Kier alpha value is -1.62. The molecule has 5 nitrogen and oxygen atoms in total. The van der Waals surface area contributed by atoms with Gasteiger partial charge in [-0.3, -0.25) is 4.98 Å². The number of pyridine rings is 1. The van der Waals surface area contributed by atoms with Crippen molar-refractivity contribution in [3.05, 3.63) is 29.1 Å². The number of ether oxygens (including phenoxy) is 1. The Morgan fingerprint density at radius 2 is 2.00 bits per heavy atom. The van der Waals surface area contributed by atoms with E-state index in [0.29, 0.717) is 13.1 Å². The smallest absolute Gasteiger partial charge is 0.410 e. The molecule has 26 heavy (non-hydrogen) atoms. The molecule has 1 aromatic rings. The van der Waals surface area contributed by atoms with Crippen molar-refractivity contribution in [1.82, 2.24) is 9.88 Å². The summed E-state index contributed by atoms with van der Waals surface area (Å²) in [7, 11) is 0. The van der Waals surface area contributed by atoms with E-state index in [1.54, 1.807) is 0 Å². The molecule has 1 fully saturated rings. The minimum atomic E-state index is -0.474. The number of amides is 1. The lowest BCUT2D eigenvalue weighted by Gasteiger charge is -2.43. The third kappa shape index (κ3) is 4.97. The summed E-state index contributed by atoms with van der Waals surface area (Å²) in [5.74, 6) is 0. The molecular formula is C21H34N2O3. The van der Waals surface area contributed by atoms with Crippen LogP contribution in [0, 0.1) is 6.92 Å². The molecule has 0 saturated carbocycles. The number of hydrogen-bond donors (Lipinski definition) is 1. The van der Waals surface area contributed by atoms with E-state index in [4.69, 9.17) is 4.74 Å². The molecule has 0 aliphatic carbocycles. The molecule has 1 saturated heterocycles. The fourth-order valence-electron chi connectivity index (χ4n) is 3.80. The summed E-state index contributed by atoms with van der Waals surface area (Å²) < 4.78 is 5.53. The fraction of sp³-hybridized carbons (Fsp3) is 0.714. The number of aliphatic hydroxyl groups excluding tert-OH is 1. The number of aryl methyl sites for hydroxylation is 1. The first-order valence-corrected chi connectivity index (χ1v) is 9.75. The predicted octanol–water partition coefficient (Wildman–Crippen LogP) is 4.34. The third-order valence-electron chi connectivity index (χ3n) is 5.21. The normalized spacial score (nSPS) is 17.2. The Labute approximate surface area is 157 Å². The van der Waals surface area contributed by atoms with Gasteiger partial charge in [-0.05, 0) is 58.1 Å². The predicted molar refractivity (Wildman–Crippen MR) is 103 cm³/mol. The largest absolute Gasteiger partial charge is 0.444 e. The average molecular weight is 363 g/mol. The Morgan fingerprint density at radius 3 is 2.54 bits per heavy atom. The minimum absolute atomic E-state index is 0.0222. The highest BCUT2D eigenvalue weighted by molar-refractivity contribution is 5.68. The molecule has 1 N–H and O–H groups in total. The van der Waals surface area contributed by atoms with Crippen molar-refractivity contribution in [3.8, 4) is 0 Å². The first-order valence-electron chi connectivity index (χ1n) is 9.75. The maximum Gasteiger partial charge on any atom is 0.410 e. The van der Waals surface area contributed by atoms with Crippen molar-refractivity contribution in [2.45, 2.75) is 84.3 Å². The standard InChI is InChI=1S/C21H34N2O3/c1-6-7-8-21(17-13-16(2)14-22-18(17)15-24)9-11-23(12-10-21)19(25)26-20(3,4)5/h13-14,24H,6-12,15H2,1-5H3. The summed E-state index contributed by atoms with van der Waals surface area (Å²) in [5, 5.41) is 9.80. The molecule has 0 bridgehead atoms. The van der Waals surface area contributed by atoms with Crippen LogP contribution in [0.4, 0.5) is 4.79 Å². The van der Waals surface area contributed by atoms with Crippen LogP contribution in [0.3, 0.4) is 0 Å². The lowest BCUT2D eigenvalue weighted by molar-refractivity contribution is 0.0156. The molecule has 0 spiro atoms. The van der Waals surface area contributed by atoms with Gasteiger partial charge in [-0.2, -0.15) is 0 Å². The van der Waals surface area contributed by atoms with Crippen LogP contribution in [0.15, 0.2) is 12.3 Å². The van der Waals surface area contributed by atoms with E-state index in [0.717, 1.165) is 48.9 Å². The zero-order valence-electron chi connectivity index (χ0n) is 17.0. The topological polar surface area (TPSA) is 62.7 Å². The first-order chi connectivity index (χ1) is 12.2. The maximum absolute atomic E-state index is 12.4. The van der Waals surface area contributed by atoms with Crippen LogP contribution in [0.25, 0.3) is 0 Å². The summed E-state index contributed by atoms with van der Waals surface area (Å²) in [6.07, 6.45) is 6.67. The summed E-state index contributed by atoms with van der Waals surface area (Å²) in [6, 6.07) is 2.18. The van der Waals surface area contributed by atoms with Gasteiger partial charge in [0.25, 0.3) is 0 Å². The Balaban J connectivity index is 2.23. The van der Waals surface area contributed by atoms with Crippen molar-refractivity contribution in [3.63, 3.8) is 0 Å². The molecule has 0 unspecified atom stereocenters. The Kier molecular flexibility index (Phi) is 6.67. The summed E-state index contributed by atoms with van der Waals surface area (Å²) in [5.41, 5.74) is 2.56. The van der Waals surface area contributed by atoms with E-state index in [2.05, 4.69) is 18.0 Å². The van der Waals surface area contributed by atoms with Gasteiger partial charge in [-0.15, -0.1) is 0 Å². The lowest BCUT2D eigenvalue weighted by atomic mass is 9.68. The van der Waals surface area contributed by atoms with Crippen molar-refractivity contribution >= 4 is 6.09 Å². The van der Waals surface area contributed by atoms with Crippen molar-refractivity contribution in [2.75, 3.05) is 13.1 Å². The molecule has 1 aromatic heterocycles. The molecule has 0 aromatic carbocycles. The SMILES string of the molecule is CCCCC1(c2cc(C)cnc2CO)CCN(C(=O)OC(C)(C)C)CC1. The van der Waals surface area contributed by atoms with Crippen molar-refractivity contribution < 1.29 is 14.6 Å². The molecule has 1 aliphatic heterocycles. The number of rotatable bonds is 5. The highest BCUT2D eigenvalue weighted by atomic mass is 16.6. The van der Waals surface area contributed by atoms with E-state index in [1.165, 1.54) is 0 Å². The molecule has 146 valence electrons. The summed E-state index contributed by atoms with van der Waals surface area (Å²) >= 11 is 0. The van der Waals surface area contributed by atoms with E-state index in [1.807, 2.05) is 38.8 Å².